The van der Waals surface area contributed by atoms with Crippen LogP contribution in [-0.4, -0.2) is 17.4 Å². The van der Waals surface area contributed by atoms with Crippen LogP contribution < -0.4 is 4.74 Å². The van der Waals surface area contributed by atoms with Gasteiger partial charge in [0, 0.05) is 24.2 Å². The number of carbonyl (C=O) groups is 1. The number of ether oxygens (including phenoxy) is 1. The maximum Gasteiger partial charge on any atom is 0.268 e. The number of nitrogens with zero attached hydrogens (tertiary/aromatic N) is 1. The Kier molecular flexibility index (Phi) is 3.25. The first-order valence-corrected chi connectivity index (χ1v) is 7.29. The van der Waals surface area contributed by atoms with Crippen LogP contribution in [0, 0.1) is 0 Å². The van der Waals surface area contributed by atoms with Crippen molar-refractivity contribution in [3.63, 3.8) is 0 Å². The van der Waals surface area contributed by atoms with E-state index in [0.29, 0.717) is 13.1 Å². The Morgan fingerprint density at radius 2 is 2.21 bits per heavy atom. The Balaban J connectivity index is 2.03. The van der Waals surface area contributed by atoms with Crippen molar-refractivity contribution in [1.82, 2.24) is 4.90 Å². The van der Waals surface area contributed by atoms with E-state index >= 15 is 0 Å². The minimum absolute atomic E-state index is 0.0390. The van der Waals surface area contributed by atoms with Gasteiger partial charge in [-0.1, -0.05) is 18.2 Å². The Labute approximate surface area is 116 Å². The molecule has 0 saturated carbocycles. The minimum Gasteiger partial charge on any atom is -0.475 e. The molecule has 1 atom stereocenters. The molecule has 1 aromatic carbocycles. The van der Waals surface area contributed by atoms with Gasteiger partial charge in [-0.2, -0.15) is 11.3 Å². The molecule has 0 radical (unpaired) electrons. The lowest BCUT2D eigenvalue weighted by molar-refractivity contribution is -0.138. The molecule has 0 N–H and O–H groups in total. The van der Waals surface area contributed by atoms with E-state index in [9.17, 15) is 4.79 Å². The predicted octanol–water partition coefficient (Wildman–Crippen LogP) is 3.23. The first-order chi connectivity index (χ1) is 9.29. The van der Waals surface area contributed by atoms with E-state index < -0.39 is 6.10 Å². The molecular formula is C15H15NO2S. The zero-order valence-corrected chi connectivity index (χ0v) is 11.5. The molecule has 0 aliphatic carbocycles. The molecule has 98 valence electrons. The molecule has 1 aromatic heterocycles. The molecule has 0 spiro atoms. The highest BCUT2D eigenvalue weighted by Crippen LogP contribution is 2.32. The third-order valence-electron chi connectivity index (χ3n) is 3.34. The lowest BCUT2D eigenvalue weighted by Crippen LogP contribution is -2.34. The maximum atomic E-state index is 12.5. The number of thiophene rings is 1. The maximum absolute atomic E-state index is 12.5. The summed E-state index contributed by atoms with van der Waals surface area (Å²) >= 11 is 1.58. The molecule has 4 heteroatoms. The van der Waals surface area contributed by atoms with Gasteiger partial charge in [0.25, 0.3) is 5.91 Å². The summed E-state index contributed by atoms with van der Waals surface area (Å²) in [5.74, 6) is 0.847. The Bertz CT molecular complexity index is 580. The quantitative estimate of drug-likeness (QED) is 0.840. The molecule has 1 aliphatic rings. The van der Waals surface area contributed by atoms with Crippen molar-refractivity contribution in [1.29, 1.82) is 0 Å². The highest BCUT2D eigenvalue weighted by Gasteiger charge is 2.31. The van der Waals surface area contributed by atoms with Crippen molar-refractivity contribution >= 4 is 17.2 Å². The summed E-state index contributed by atoms with van der Waals surface area (Å²) < 4.78 is 5.96. The molecule has 0 bridgehead atoms. The molecule has 3 rings (SSSR count). The largest absolute Gasteiger partial charge is 0.475 e. The molecule has 2 heterocycles. The fourth-order valence-electron chi connectivity index (χ4n) is 2.28. The van der Waals surface area contributed by atoms with Gasteiger partial charge in [0.2, 0.25) is 6.10 Å². The van der Waals surface area contributed by atoms with Crippen LogP contribution in [-0.2, 0) is 11.3 Å². The number of benzene rings is 1. The molecular weight excluding hydrogens is 258 g/mol. The van der Waals surface area contributed by atoms with Crippen LogP contribution in [0.1, 0.15) is 24.2 Å². The van der Waals surface area contributed by atoms with Gasteiger partial charge in [0.05, 0.1) is 0 Å². The molecule has 19 heavy (non-hydrogen) atoms. The van der Waals surface area contributed by atoms with Gasteiger partial charge >= 0.3 is 0 Å². The number of carbonyl (C=O) groups excluding carboxylic acids is 1. The van der Waals surface area contributed by atoms with Crippen molar-refractivity contribution in [2.45, 2.75) is 19.6 Å². The summed E-state index contributed by atoms with van der Waals surface area (Å²) in [6, 6.07) is 9.82. The third kappa shape index (κ3) is 2.24. The van der Waals surface area contributed by atoms with Crippen LogP contribution in [0.5, 0.6) is 5.75 Å². The number of rotatable bonds is 2. The second-order valence-electron chi connectivity index (χ2n) is 4.51. The van der Waals surface area contributed by atoms with Gasteiger partial charge in [0.1, 0.15) is 5.75 Å². The summed E-state index contributed by atoms with van der Waals surface area (Å²) in [5, 5.41) is 3.95. The van der Waals surface area contributed by atoms with Crippen molar-refractivity contribution in [2.75, 3.05) is 6.54 Å². The van der Waals surface area contributed by atoms with E-state index in [2.05, 4.69) is 0 Å². The van der Waals surface area contributed by atoms with Crippen molar-refractivity contribution in [3.8, 4) is 5.75 Å². The monoisotopic (exact) mass is 273 g/mol. The lowest BCUT2D eigenvalue weighted by atomic mass is 10.1. The SMILES string of the molecule is CCN1Cc2ccccc2OC(c2ccsc2)C1=O. The second-order valence-corrected chi connectivity index (χ2v) is 5.29. The summed E-state index contributed by atoms with van der Waals surface area (Å²) in [4.78, 5) is 14.4. The van der Waals surface area contributed by atoms with E-state index in [0.717, 1.165) is 16.9 Å². The van der Waals surface area contributed by atoms with E-state index in [1.54, 1.807) is 11.3 Å². The number of hydrogen-bond donors (Lipinski definition) is 0. The third-order valence-corrected chi connectivity index (χ3v) is 4.04. The van der Waals surface area contributed by atoms with Crippen molar-refractivity contribution < 1.29 is 9.53 Å². The van der Waals surface area contributed by atoms with Crippen LogP contribution >= 0.6 is 11.3 Å². The van der Waals surface area contributed by atoms with Gasteiger partial charge < -0.3 is 9.64 Å². The van der Waals surface area contributed by atoms with Crippen LogP contribution in [0.15, 0.2) is 41.1 Å². The second kappa shape index (κ2) is 5.05. The molecule has 3 nitrogen and oxygen atoms in total. The standard InChI is InChI=1S/C15H15NO2S/c1-2-16-9-11-5-3-4-6-13(11)18-14(15(16)17)12-7-8-19-10-12/h3-8,10,14H,2,9H2,1H3. The Morgan fingerprint density at radius 1 is 1.37 bits per heavy atom. The minimum atomic E-state index is -0.519. The topological polar surface area (TPSA) is 29.5 Å². The van der Waals surface area contributed by atoms with E-state index in [-0.39, 0.29) is 5.91 Å². The summed E-state index contributed by atoms with van der Waals surface area (Å²) in [6.07, 6.45) is -0.519. The number of amides is 1. The van der Waals surface area contributed by atoms with Crippen molar-refractivity contribution in [2.24, 2.45) is 0 Å². The normalized spacial score (nSPS) is 18.7. The van der Waals surface area contributed by atoms with Crippen LogP contribution in [0.2, 0.25) is 0 Å². The van der Waals surface area contributed by atoms with Gasteiger partial charge in [-0.3, -0.25) is 4.79 Å². The highest BCUT2D eigenvalue weighted by molar-refractivity contribution is 7.08. The molecule has 0 saturated heterocycles. The number of hydrogen-bond acceptors (Lipinski definition) is 3. The highest BCUT2D eigenvalue weighted by atomic mass is 32.1. The predicted molar refractivity (Wildman–Crippen MR) is 75.2 cm³/mol. The molecule has 1 amide bonds. The number of likely N-dealkylation sites (N-methyl/N-ethyl adjacent to an activating group) is 1. The van der Waals surface area contributed by atoms with Crippen LogP contribution in [0.3, 0.4) is 0 Å². The lowest BCUT2D eigenvalue weighted by Gasteiger charge is -2.21. The zero-order chi connectivity index (χ0) is 13.2. The molecule has 1 aliphatic heterocycles. The first kappa shape index (κ1) is 12.2. The molecule has 1 unspecified atom stereocenters. The smallest absolute Gasteiger partial charge is 0.268 e. The van der Waals surface area contributed by atoms with Crippen LogP contribution in [0.4, 0.5) is 0 Å². The van der Waals surface area contributed by atoms with Crippen molar-refractivity contribution in [3.05, 3.63) is 52.2 Å². The average molecular weight is 273 g/mol. The van der Waals surface area contributed by atoms with Gasteiger partial charge in [-0.25, -0.2) is 0 Å². The van der Waals surface area contributed by atoms with E-state index in [1.165, 1.54) is 0 Å². The molecule has 0 fully saturated rings. The summed E-state index contributed by atoms with van der Waals surface area (Å²) in [5.41, 5.74) is 2.00. The Morgan fingerprint density at radius 3 is 2.95 bits per heavy atom. The zero-order valence-electron chi connectivity index (χ0n) is 10.7. The first-order valence-electron chi connectivity index (χ1n) is 6.35. The van der Waals surface area contributed by atoms with Gasteiger partial charge in [-0.15, -0.1) is 0 Å². The molecule has 2 aromatic rings. The fourth-order valence-corrected chi connectivity index (χ4v) is 2.95. The summed E-state index contributed by atoms with van der Waals surface area (Å²) in [7, 11) is 0. The summed E-state index contributed by atoms with van der Waals surface area (Å²) in [6.45, 7) is 3.31. The average Bonchev–Trinajstić information content (AvgIpc) is 2.92. The number of fused-ring (bicyclic) bond motifs is 1. The number of para-hydroxylation sites is 1. The van der Waals surface area contributed by atoms with E-state index in [4.69, 9.17) is 4.74 Å². The van der Waals surface area contributed by atoms with Gasteiger partial charge in [-0.05, 0) is 29.8 Å². The van der Waals surface area contributed by atoms with Gasteiger partial charge in [0.15, 0.2) is 0 Å². The van der Waals surface area contributed by atoms with Crippen LogP contribution in [0.25, 0.3) is 0 Å². The van der Waals surface area contributed by atoms with E-state index in [1.807, 2.05) is 52.9 Å². The Hall–Kier alpha value is -1.81. The fraction of sp³-hybridized carbons (Fsp3) is 0.267.